The first-order valence-electron chi connectivity index (χ1n) is 8.78. The molecule has 3 aromatic rings. The van der Waals surface area contributed by atoms with Crippen LogP contribution in [0.5, 0.6) is 11.5 Å². The minimum atomic E-state index is -4.56. The van der Waals surface area contributed by atoms with Crippen LogP contribution in [0.1, 0.15) is 20.7 Å². The van der Waals surface area contributed by atoms with Gasteiger partial charge in [-0.1, -0.05) is 0 Å². The molecule has 0 aliphatic carbocycles. The highest BCUT2D eigenvalue weighted by Gasteiger charge is 2.30. The van der Waals surface area contributed by atoms with Crippen molar-refractivity contribution in [1.82, 2.24) is 20.3 Å². The number of aromatic nitrogens is 2. The number of benzene rings is 2. The van der Waals surface area contributed by atoms with Crippen molar-refractivity contribution in [2.24, 2.45) is 5.84 Å². The number of methoxy groups -OCH3 is 2. The van der Waals surface area contributed by atoms with Gasteiger partial charge in [-0.25, -0.2) is 10.8 Å². The Balaban J connectivity index is 2.05. The van der Waals surface area contributed by atoms with Crippen LogP contribution in [0.15, 0.2) is 36.7 Å². The molecule has 0 saturated heterocycles. The summed E-state index contributed by atoms with van der Waals surface area (Å²) in [5, 5.41) is 1.80. The number of rotatable bonds is 6. The molecule has 2 aromatic carbocycles. The van der Waals surface area contributed by atoms with Crippen LogP contribution in [0.2, 0.25) is 0 Å². The average Bonchev–Trinajstić information content (AvgIpc) is 3.18. The van der Waals surface area contributed by atoms with Crippen molar-refractivity contribution in [3.8, 4) is 17.2 Å². The zero-order chi connectivity index (χ0) is 22.8. The summed E-state index contributed by atoms with van der Waals surface area (Å²) in [5.41, 5.74) is 3.75. The lowest BCUT2D eigenvalue weighted by atomic mass is 10.1. The number of halogens is 3. The summed E-state index contributed by atoms with van der Waals surface area (Å²) in [4.78, 5) is 28.3. The van der Waals surface area contributed by atoms with Gasteiger partial charge in [0, 0.05) is 17.7 Å². The van der Waals surface area contributed by atoms with Gasteiger partial charge in [0.15, 0.2) is 0 Å². The Morgan fingerprint density at radius 1 is 1.10 bits per heavy atom. The van der Waals surface area contributed by atoms with E-state index in [4.69, 9.17) is 15.3 Å². The number of hydrogen-bond donors (Lipinski definition) is 3. The summed E-state index contributed by atoms with van der Waals surface area (Å²) in [7, 11) is 2.56. The summed E-state index contributed by atoms with van der Waals surface area (Å²) < 4.78 is 49.5. The van der Waals surface area contributed by atoms with Gasteiger partial charge in [0.25, 0.3) is 11.8 Å². The van der Waals surface area contributed by atoms with E-state index in [9.17, 15) is 22.8 Å². The van der Waals surface area contributed by atoms with Crippen LogP contribution in [0.25, 0.3) is 16.7 Å². The molecule has 31 heavy (non-hydrogen) atoms. The van der Waals surface area contributed by atoms with Gasteiger partial charge in [-0.3, -0.25) is 19.6 Å². The van der Waals surface area contributed by atoms with Gasteiger partial charge in [0.1, 0.15) is 29.9 Å². The van der Waals surface area contributed by atoms with Crippen LogP contribution in [0.4, 0.5) is 13.2 Å². The Hall–Kier alpha value is -3.80. The van der Waals surface area contributed by atoms with Crippen LogP contribution < -0.4 is 26.1 Å². The lowest BCUT2D eigenvalue weighted by Gasteiger charge is -2.16. The smallest absolute Gasteiger partial charge is 0.405 e. The molecule has 2 amide bonds. The monoisotopic (exact) mass is 437 g/mol. The van der Waals surface area contributed by atoms with Crippen LogP contribution in [-0.2, 0) is 0 Å². The van der Waals surface area contributed by atoms with E-state index < -0.39 is 24.5 Å². The second kappa shape index (κ2) is 8.52. The Kier molecular flexibility index (Phi) is 6.02. The fourth-order valence-electron chi connectivity index (χ4n) is 2.97. The van der Waals surface area contributed by atoms with E-state index in [2.05, 4.69) is 4.98 Å². The van der Waals surface area contributed by atoms with Crippen molar-refractivity contribution in [2.45, 2.75) is 6.18 Å². The van der Waals surface area contributed by atoms with Crippen molar-refractivity contribution >= 4 is 22.8 Å². The minimum Gasteiger partial charge on any atom is -0.496 e. The van der Waals surface area contributed by atoms with E-state index in [1.165, 1.54) is 32.7 Å². The third-order valence-corrected chi connectivity index (χ3v) is 4.39. The normalized spacial score (nSPS) is 11.3. The quantitative estimate of drug-likeness (QED) is 0.308. The van der Waals surface area contributed by atoms with Gasteiger partial charge in [-0.15, -0.1) is 0 Å². The van der Waals surface area contributed by atoms with Crippen molar-refractivity contribution in [3.63, 3.8) is 0 Å². The maximum absolute atomic E-state index is 12.5. The van der Waals surface area contributed by atoms with E-state index in [0.29, 0.717) is 22.3 Å². The molecule has 4 N–H and O–H groups in total. The third-order valence-electron chi connectivity index (χ3n) is 4.39. The van der Waals surface area contributed by atoms with Crippen molar-refractivity contribution in [3.05, 3.63) is 47.8 Å². The lowest BCUT2D eigenvalue weighted by molar-refractivity contribution is -0.123. The second-order valence-corrected chi connectivity index (χ2v) is 6.31. The Morgan fingerprint density at radius 2 is 1.74 bits per heavy atom. The first-order valence-corrected chi connectivity index (χ1v) is 8.78. The summed E-state index contributed by atoms with van der Waals surface area (Å²) in [5.74, 6) is 3.69. The molecule has 12 heteroatoms. The largest absolute Gasteiger partial charge is 0.496 e. The maximum Gasteiger partial charge on any atom is 0.405 e. The fourth-order valence-corrected chi connectivity index (χ4v) is 2.97. The molecular formula is C19H18F3N5O4. The van der Waals surface area contributed by atoms with Gasteiger partial charge in [0.2, 0.25) is 0 Å². The lowest BCUT2D eigenvalue weighted by Crippen LogP contribution is -2.34. The second-order valence-electron chi connectivity index (χ2n) is 6.31. The molecule has 0 bridgehead atoms. The number of nitrogen functional groups attached to an aromatic ring is 1. The van der Waals surface area contributed by atoms with Crippen LogP contribution in [-0.4, -0.2) is 48.3 Å². The van der Waals surface area contributed by atoms with E-state index in [0.717, 1.165) is 0 Å². The van der Waals surface area contributed by atoms with Crippen LogP contribution in [0, 0.1) is 0 Å². The molecule has 164 valence electrons. The number of nitrogens with one attached hydrogen (secondary N) is 2. The average molecular weight is 437 g/mol. The predicted octanol–water partition coefficient (Wildman–Crippen LogP) is 1.94. The summed E-state index contributed by atoms with van der Waals surface area (Å²) >= 11 is 0. The first-order chi connectivity index (χ1) is 14.7. The van der Waals surface area contributed by atoms with E-state index in [1.54, 1.807) is 28.1 Å². The first kappa shape index (κ1) is 21.9. The molecule has 0 unspecified atom stereocenters. The molecule has 0 atom stereocenters. The standard InChI is InChI=1S/C19H18F3N5O4/c1-30-14-6-11(7-15(31-2)16(14)18(29)24-8-19(20,21)22)27-9-25-12-5-10(17(28)26-23)3-4-13(12)27/h3-7,9H,8,23H2,1-2H3,(H,24,29)(H,26,28). The van der Waals surface area contributed by atoms with Crippen molar-refractivity contribution in [2.75, 3.05) is 20.8 Å². The Labute approximate surface area is 173 Å². The van der Waals surface area contributed by atoms with E-state index >= 15 is 0 Å². The van der Waals surface area contributed by atoms with Gasteiger partial charge in [-0.05, 0) is 18.2 Å². The van der Waals surface area contributed by atoms with Gasteiger partial charge >= 0.3 is 6.18 Å². The zero-order valence-electron chi connectivity index (χ0n) is 16.4. The van der Waals surface area contributed by atoms with Gasteiger partial charge in [0.05, 0.1) is 30.9 Å². The number of nitrogens with zero attached hydrogens (tertiary/aromatic N) is 2. The SMILES string of the molecule is COc1cc(-n2cnc3cc(C(=O)NN)ccc32)cc(OC)c1C(=O)NCC(F)(F)F. The molecule has 0 aliphatic rings. The van der Waals surface area contributed by atoms with Gasteiger partial charge < -0.3 is 14.8 Å². The minimum absolute atomic E-state index is 0.00926. The van der Waals surface area contributed by atoms with E-state index in [-0.39, 0.29) is 17.1 Å². The summed E-state index contributed by atoms with van der Waals surface area (Å²) in [6.07, 6.45) is -3.09. The number of amides is 2. The molecule has 0 aliphatic heterocycles. The maximum atomic E-state index is 12.5. The number of carbonyl (C=O) groups excluding carboxylic acids is 2. The molecule has 1 aromatic heterocycles. The van der Waals surface area contributed by atoms with Crippen molar-refractivity contribution in [1.29, 1.82) is 0 Å². The molecule has 0 radical (unpaired) electrons. The molecule has 3 rings (SSSR count). The summed E-state index contributed by atoms with van der Waals surface area (Å²) in [6.45, 7) is -1.50. The highest BCUT2D eigenvalue weighted by atomic mass is 19.4. The molecular weight excluding hydrogens is 419 g/mol. The number of hydrazine groups is 1. The number of nitrogens with two attached hydrogens (primary N) is 1. The number of imidazole rings is 1. The third kappa shape index (κ3) is 4.53. The Morgan fingerprint density at radius 3 is 2.29 bits per heavy atom. The number of hydrogen-bond acceptors (Lipinski definition) is 6. The molecule has 9 nitrogen and oxygen atoms in total. The highest BCUT2D eigenvalue weighted by Crippen LogP contribution is 2.33. The Bertz CT molecular complexity index is 1120. The van der Waals surface area contributed by atoms with Crippen molar-refractivity contribution < 1.29 is 32.2 Å². The molecule has 0 spiro atoms. The number of alkyl halides is 3. The van der Waals surface area contributed by atoms with Crippen LogP contribution >= 0.6 is 0 Å². The van der Waals surface area contributed by atoms with Crippen LogP contribution in [0.3, 0.4) is 0 Å². The van der Waals surface area contributed by atoms with Gasteiger partial charge in [-0.2, -0.15) is 13.2 Å². The number of fused-ring (bicyclic) bond motifs is 1. The number of ether oxygens (including phenoxy) is 2. The summed E-state index contributed by atoms with van der Waals surface area (Å²) in [6, 6.07) is 7.67. The topological polar surface area (TPSA) is 120 Å². The molecule has 0 fully saturated rings. The molecule has 1 heterocycles. The fraction of sp³-hybridized carbons (Fsp3) is 0.211. The highest BCUT2D eigenvalue weighted by molar-refractivity contribution is 6.00. The number of carbonyl (C=O) groups is 2. The predicted molar refractivity (Wildman–Crippen MR) is 104 cm³/mol. The zero-order valence-corrected chi connectivity index (χ0v) is 16.4. The van der Waals surface area contributed by atoms with E-state index in [1.807, 2.05) is 5.43 Å². The molecule has 0 saturated carbocycles.